The third-order valence-electron chi connectivity index (χ3n) is 13.9. The molecule has 17 heteroatoms. The number of fused-ring (bicyclic) bond motifs is 5. The molecule has 2 aromatic heterocycles. The fourth-order valence-electron chi connectivity index (χ4n) is 10.4. The van der Waals surface area contributed by atoms with E-state index in [9.17, 15) is 23.7 Å². The first-order valence-electron chi connectivity index (χ1n) is 24.2. The van der Waals surface area contributed by atoms with Crippen LogP contribution in [-0.2, 0) is 64.3 Å². The molecule has 3 aromatic carbocycles. The summed E-state index contributed by atoms with van der Waals surface area (Å²) in [4.78, 5) is 65.0. The lowest BCUT2D eigenvalue weighted by Gasteiger charge is -2.39. The van der Waals surface area contributed by atoms with Crippen LogP contribution in [0.15, 0.2) is 77.6 Å². The Hall–Kier alpha value is -5.57. The number of nitrogens with zero attached hydrogens (tertiary/aromatic N) is 4. The van der Waals surface area contributed by atoms with Gasteiger partial charge in [-0.15, -0.1) is 0 Å². The number of anilines is 1. The van der Waals surface area contributed by atoms with Gasteiger partial charge in [0.2, 0.25) is 5.60 Å². The van der Waals surface area contributed by atoms with Crippen molar-refractivity contribution in [2.24, 2.45) is 0 Å². The molecule has 69 heavy (non-hydrogen) atoms. The van der Waals surface area contributed by atoms with Crippen LogP contribution in [0.25, 0.3) is 22.3 Å². The van der Waals surface area contributed by atoms with E-state index in [0.29, 0.717) is 70.0 Å². The quantitative estimate of drug-likeness (QED) is 0.0763. The molecule has 1 amide bonds. The summed E-state index contributed by atoms with van der Waals surface area (Å²) in [6, 6.07) is 21.5. The smallest absolute Gasteiger partial charge is 0.415 e. The standard InChI is InChI=1S/C52H59ClN5O10P/c1-5-39-40-29-38(67-51(62)57-26-22-37(23-27-57)56-24-10-9-11-25-56)20-21-44(40)55-47-41(39)31-58-45(47)30-43-42(49(58)60)32-64-50(61)52(43,6-2)68-46(59)28-33-12-18-36(19-13-33)54-48(34-14-16-35(53)17-15-34)69(63,65-7-3)66-8-4/h12-21,29-30,37,48,54H,5-11,22-28,31-32H2,1-4H3. The molecule has 6 heterocycles. The molecular formula is C52H59ClN5O10P. The molecule has 1 N–H and O–H groups in total. The number of nitrogens with one attached hydrogen (secondary N) is 1. The Morgan fingerprint density at radius 2 is 1.61 bits per heavy atom. The summed E-state index contributed by atoms with van der Waals surface area (Å²) in [5, 5.41) is 4.64. The van der Waals surface area contributed by atoms with E-state index in [4.69, 9.17) is 39.8 Å². The first-order valence-corrected chi connectivity index (χ1v) is 26.2. The number of hydrogen-bond donors (Lipinski definition) is 1. The molecule has 15 nitrogen and oxygen atoms in total. The summed E-state index contributed by atoms with van der Waals surface area (Å²) >= 11 is 6.16. The van der Waals surface area contributed by atoms with Gasteiger partial charge in [0.15, 0.2) is 5.78 Å². The van der Waals surface area contributed by atoms with E-state index in [0.717, 1.165) is 42.4 Å². The van der Waals surface area contributed by atoms with Crippen molar-refractivity contribution in [2.75, 3.05) is 44.7 Å². The minimum absolute atomic E-state index is 0.0122. The zero-order chi connectivity index (χ0) is 48.5. The molecule has 2 saturated heterocycles. The highest BCUT2D eigenvalue weighted by Gasteiger charge is 2.50. The minimum Gasteiger partial charge on any atom is -0.457 e. The average molecular weight is 980 g/mol. The van der Waals surface area contributed by atoms with Crippen LogP contribution in [0.1, 0.15) is 105 Å². The lowest BCUT2D eigenvalue weighted by Crippen LogP contribution is -2.48. The Kier molecular flexibility index (Phi) is 14.3. The maximum absolute atomic E-state index is 14.4. The Balaban J connectivity index is 0.935. The molecular weight excluding hydrogens is 921 g/mol. The summed E-state index contributed by atoms with van der Waals surface area (Å²) in [6.45, 7) is 11.1. The van der Waals surface area contributed by atoms with Crippen LogP contribution in [0.3, 0.4) is 0 Å². The van der Waals surface area contributed by atoms with Crippen molar-refractivity contribution in [1.29, 1.82) is 0 Å². The summed E-state index contributed by atoms with van der Waals surface area (Å²) in [7, 11) is -3.71. The number of halogens is 1. The predicted octanol–water partition coefficient (Wildman–Crippen LogP) is 9.91. The molecule has 0 saturated carbocycles. The van der Waals surface area contributed by atoms with Crippen molar-refractivity contribution in [2.45, 2.75) is 110 Å². The SMILES string of the molecule is CCOP(=O)(OCC)C(Nc1ccc(CC(=O)OC2(CC)C(=O)OCc3c2cc2n(c3=O)Cc3c-2nc2ccc(OC(=O)N4CCC(N5CCCCC5)CC4)cc2c3CC)cc1)c1ccc(Cl)cc1. The number of carbonyl (C=O) groups is 3. The van der Waals surface area contributed by atoms with E-state index in [2.05, 4.69) is 10.2 Å². The highest BCUT2D eigenvalue weighted by Crippen LogP contribution is 2.61. The topological polar surface area (TPSA) is 168 Å². The Morgan fingerprint density at radius 1 is 0.899 bits per heavy atom. The summed E-state index contributed by atoms with van der Waals surface area (Å²) < 4.78 is 44.8. The fraction of sp³-hybridized carbons (Fsp3) is 0.442. The van der Waals surface area contributed by atoms with Gasteiger partial charge in [0.1, 0.15) is 12.4 Å². The number of likely N-dealkylation sites (tertiary alicyclic amines) is 2. The van der Waals surface area contributed by atoms with Crippen molar-refractivity contribution in [1.82, 2.24) is 19.4 Å². The number of piperidine rings is 2. The highest BCUT2D eigenvalue weighted by atomic mass is 35.5. The number of esters is 2. The average Bonchev–Trinajstić information content (AvgIpc) is 3.73. The molecule has 4 aliphatic rings. The van der Waals surface area contributed by atoms with Gasteiger partial charge in [-0.1, -0.05) is 56.1 Å². The second kappa shape index (κ2) is 20.4. The van der Waals surface area contributed by atoms with Crippen LogP contribution in [0, 0.1) is 0 Å². The number of rotatable bonds is 15. The number of pyridine rings is 2. The number of carbonyl (C=O) groups excluding carboxylic acids is 3. The van der Waals surface area contributed by atoms with E-state index in [1.165, 1.54) is 19.3 Å². The van der Waals surface area contributed by atoms with Crippen LogP contribution in [0.4, 0.5) is 10.5 Å². The van der Waals surface area contributed by atoms with Gasteiger partial charge in [-0.3, -0.25) is 14.2 Å². The molecule has 364 valence electrons. The van der Waals surface area contributed by atoms with Crippen molar-refractivity contribution >= 4 is 53.8 Å². The van der Waals surface area contributed by atoms with Gasteiger partial charge in [-0.2, -0.15) is 0 Å². The first kappa shape index (κ1) is 48.5. The first-order chi connectivity index (χ1) is 33.4. The van der Waals surface area contributed by atoms with E-state index < -0.39 is 30.9 Å². The normalized spacial score (nSPS) is 18.8. The number of benzene rings is 3. The molecule has 2 fully saturated rings. The maximum Gasteiger partial charge on any atom is 0.415 e. The van der Waals surface area contributed by atoms with E-state index >= 15 is 0 Å². The second-order valence-electron chi connectivity index (χ2n) is 18.0. The number of ether oxygens (including phenoxy) is 3. The van der Waals surface area contributed by atoms with Gasteiger partial charge in [0, 0.05) is 46.4 Å². The Labute approximate surface area is 406 Å². The van der Waals surface area contributed by atoms with Crippen LogP contribution in [0.2, 0.25) is 5.02 Å². The Morgan fingerprint density at radius 3 is 2.28 bits per heavy atom. The summed E-state index contributed by atoms with van der Waals surface area (Å²) in [5.41, 5.74) is 3.68. The zero-order valence-corrected chi connectivity index (χ0v) is 41.2. The fourth-order valence-corrected chi connectivity index (χ4v) is 12.5. The lowest BCUT2D eigenvalue weighted by molar-refractivity contribution is -0.189. The van der Waals surface area contributed by atoms with Gasteiger partial charge in [0.25, 0.3) is 5.56 Å². The van der Waals surface area contributed by atoms with Crippen molar-refractivity contribution < 1.29 is 42.2 Å². The Bertz CT molecular complexity index is 2850. The van der Waals surface area contributed by atoms with Crippen LogP contribution >= 0.6 is 19.2 Å². The third-order valence-corrected chi connectivity index (χ3v) is 16.5. The molecule has 2 atom stereocenters. The molecule has 0 bridgehead atoms. The van der Waals surface area contributed by atoms with Gasteiger partial charge in [-0.25, -0.2) is 14.6 Å². The summed E-state index contributed by atoms with van der Waals surface area (Å²) in [6.07, 6.45) is 5.73. The molecule has 0 spiro atoms. The number of amides is 1. The maximum atomic E-state index is 14.4. The molecule has 4 aliphatic heterocycles. The van der Waals surface area contributed by atoms with E-state index in [-0.39, 0.29) is 62.0 Å². The van der Waals surface area contributed by atoms with E-state index in [1.807, 2.05) is 19.1 Å². The van der Waals surface area contributed by atoms with Gasteiger partial charge in [-0.05, 0) is 131 Å². The lowest BCUT2D eigenvalue weighted by atomic mass is 9.85. The third kappa shape index (κ3) is 9.56. The van der Waals surface area contributed by atoms with Crippen LogP contribution < -0.4 is 15.6 Å². The largest absolute Gasteiger partial charge is 0.457 e. The highest BCUT2D eigenvalue weighted by molar-refractivity contribution is 7.54. The van der Waals surface area contributed by atoms with Crippen molar-refractivity contribution in [3.8, 4) is 17.1 Å². The van der Waals surface area contributed by atoms with Crippen LogP contribution in [0.5, 0.6) is 5.75 Å². The molecule has 0 aliphatic carbocycles. The van der Waals surface area contributed by atoms with Crippen molar-refractivity contribution in [3.63, 3.8) is 0 Å². The van der Waals surface area contributed by atoms with Gasteiger partial charge >= 0.3 is 25.6 Å². The summed E-state index contributed by atoms with van der Waals surface area (Å²) in [5.74, 6) is -1.89. The van der Waals surface area contributed by atoms with Crippen molar-refractivity contribution in [3.05, 3.63) is 122 Å². The zero-order valence-electron chi connectivity index (χ0n) is 39.6. The molecule has 5 aromatic rings. The van der Waals surface area contributed by atoms with Gasteiger partial charge < -0.3 is 42.9 Å². The van der Waals surface area contributed by atoms with Crippen LogP contribution in [-0.4, -0.2) is 82.8 Å². The van der Waals surface area contributed by atoms with Gasteiger partial charge in [0.05, 0.1) is 48.6 Å². The predicted molar refractivity (Wildman–Crippen MR) is 263 cm³/mol. The monoisotopic (exact) mass is 979 g/mol. The second-order valence-corrected chi connectivity index (χ2v) is 20.6. The number of cyclic esters (lactones) is 1. The molecule has 2 unspecified atom stereocenters. The number of aromatic nitrogens is 2. The number of hydrogen-bond acceptors (Lipinski definition) is 13. The number of aryl methyl sites for hydroxylation is 1. The molecule has 0 radical (unpaired) electrons. The molecule has 9 rings (SSSR count). The minimum atomic E-state index is -3.71. The van der Waals surface area contributed by atoms with E-state index in [1.54, 1.807) is 90.9 Å².